The molecule has 0 fully saturated rings. The Balaban J connectivity index is -0.000000218. The van der Waals surface area contributed by atoms with Crippen LogP contribution in [0.4, 0.5) is 0 Å². The molecule has 0 bridgehead atoms. The van der Waals surface area contributed by atoms with Crippen molar-refractivity contribution in [3.05, 3.63) is 0 Å². The second-order valence-corrected chi connectivity index (χ2v) is 2.64. The second-order valence-electron chi connectivity index (χ2n) is 2.64. The van der Waals surface area contributed by atoms with Gasteiger partial charge in [-0.15, -0.1) is 0 Å². The van der Waals surface area contributed by atoms with Gasteiger partial charge in [0.2, 0.25) is 0 Å². The van der Waals surface area contributed by atoms with Crippen molar-refractivity contribution in [2.75, 3.05) is 0 Å². The highest BCUT2D eigenvalue weighted by Crippen LogP contribution is 1.98. The van der Waals surface area contributed by atoms with E-state index in [0.717, 1.165) is 0 Å². The first kappa shape index (κ1) is 18.3. The summed E-state index contributed by atoms with van der Waals surface area (Å²) in [6, 6.07) is 0. The summed E-state index contributed by atoms with van der Waals surface area (Å²) in [6.45, 7) is 15.3. The number of rotatable bonds is 2. The molecule has 0 heterocycles. The van der Waals surface area contributed by atoms with Crippen LogP contribution in [0, 0.1) is 5.92 Å². The molecule has 0 aromatic heterocycles. The molecule has 0 aliphatic heterocycles. The van der Waals surface area contributed by atoms with Crippen LogP contribution in [0.15, 0.2) is 0 Å². The van der Waals surface area contributed by atoms with Crippen LogP contribution in [0.5, 0.6) is 0 Å². The fraction of sp³-hybridized carbons (Fsp3) is 0.909. The molecule has 82 valence electrons. The molecule has 0 unspecified atom stereocenters. The van der Waals surface area contributed by atoms with Crippen molar-refractivity contribution < 1.29 is 9.53 Å². The number of ether oxygens (including phenoxy) is 1. The van der Waals surface area contributed by atoms with E-state index in [1.54, 1.807) is 0 Å². The molecule has 0 saturated heterocycles. The maximum absolute atomic E-state index is 10.7. The van der Waals surface area contributed by atoms with E-state index < -0.39 is 0 Å². The Hall–Kier alpha value is -0.530. The van der Waals surface area contributed by atoms with E-state index in [1.807, 2.05) is 55.4 Å². The molecule has 0 aliphatic carbocycles. The maximum Gasteiger partial charge on any atom is 0.308 e. The molecule has 0 atom stereocenters. The Labute approximate surface area is 83.7 Å². The van der Waals surface area contributed by atoms with Crippen LogP contribution in [-0.4, -0.2) is 12.1 Å². The van der Waals surface area contributed by atoms with Crippen LogP contribution < -0.4 is 0 Å². The van der Waals surface area contributed by atoms with Crippen molar-refractivity contribution in [2.24, 2.45) is 5.92 Å². The van der Waals surface area contributed by atoms with E-state index in [4.69, 9.17) is 4.74 Å². The van der Waals surface area contributed by atoms with Gasteiger partial charge in [-0.2, -0.15) is 0 Å². The molecule has 0 amide bonds. The lowest BCUT2D eigenvalue weighted by Gasteiger charge is -2.08. The van der Waals surface area contributed by atoms with E-state index in [0.29, 0.717) is 0 Å². The molecule has 2 nitrogen and oxygen atoms in total. The van der Waals surface area contributed by atoms with E-state index in [2.05, 4.69) is 0 Å². The molecule has 0 aliphatic rings. The molecule has 0 rings (SSSR count). The average Bonchev–Trinajstić information content (AvgIpc) is 2.10. The third-order valence-electron chi connectivity index (χ3n) is 0.823. The lowest BCUT2D eigenvalue weighted by Crippen LogP contribution is -2.16. The zero-order valence-electron chi connectivity index (χ0n) is 10.5. The zero-order valence-corrected chi connectivity index (χ0v) is 10.5. The fourth-order valence-electron chi connectivity index (χ4n) is 0.368. The van der Waals surface area contributed by atoms with Gasteiger partial charge < -0.3 is 4.74 Å². The monoisotopic (exact) mass is 190 g/mol. The normalized spacial score (nSPS) is 8.15. The minimum absolute atomic E-state index is 0.00704. The number of esters is 1. The highest BCUT2D eigenvalue weighted by Gasteiger charge is 2.08. The Morgan fingerprint density at radius 1 is 0.923 bits per heavy atom. The van der Waals surface area contributed by atoms with E-state index in [1.165, 1.54) is 0 Å². The summed E-state index contributed by atoms with van der Waals surface area (Å²) in [5.41, 5.74) is 0. The number of carbonyl (C=O) groups excluding carboxylic acids is 1. The van der Waals surface area contributed by atoms with Gasteiger partial charge in [0.25, 0.3) is 0 Å². The predicted octanol–water partition coefficient (Wildman–Crippen LogP) is 3.65. The highest BCUT2D eigenvalue weighted by atomic mass is 16.5. The number of carbonyl (C=O) groups is 1. The summed E-state index contributed by atoms with van der Waals surface area (Å²) in [6.07, 6.45) is 0.0138. The van der Waals surface area contributed by atoms with Crippen LogP contribution in [0.25, 0.3) is 0 Å². The number of hydrogen-bond acceptors (Lipinski definition) is 2. The lowest BCUT2D eigenvalue weighted by atomic mass is 10.2. The van der Waals surface area contributed by atoms with Crippen molar-refractivity contribution in [1.29, 1.82) is 0 Å². The topological polar surface area (TPSA) is 26.3 Å². The molecule has 0 spiro atoms. The third-order valence-corrected chi connectivity index (χ3v) is 0.823. The van der Waals surface area contributed by atoms with Crippen molar-refractivity contribution in [2.45, 2.75) is 61.5 Å². The predicted molar refractivity (Wildman–Crippen MR) is 58.8 cm³/mol. The smallest absolute Gasteiger partial charge is 0.308 e. The largest absolute Gasteiger partial charge is 0.463 e. The molecule has 0 radical (unpaired) electrons. The van der Waals surface area contributed by atoms with Crippen LogP contribution >= 0.6 is 0 Å². The van der Waals surface area contributed by atoms with E-state index in [-0.39, 0.29) is 18.0 Å². The molecular formula is C11H26O2. The summed E-state index contributed by atoms with van der Waals surface area (Å²) in [7, 11) is 0. The SMILES string of the molecule is CC.CC.CC(C)OC(=O)C(C)C. The average molecular weight is 190 g/mol. The van der Waals surface area contributed by atoms with E-state index >= 15 is 0 Å². The van der Waals surface area contributed by atoms with Crippen LogP contribution in [0.2, 0.25) is 0 Å². The first-order chi connectivity index (χ1) is 6.04. The first-order valence-corrected chi connectivity index (χ1v) is 5.24. The standard InChI is InChI=1S/C7H14O2.2C2H6/c1-5(2)7(8)9-6(3)4;2*1-2/h5-6H,1-4H3;2*1-2H3. The summed E-state index contributed by atoms with van der Waals surface area (Å²) in [5.74, 6) is -0.127. The second kappa shape index (κ2) is 14.0. The van der Waals surface area contributed by atoms with E-state index in [9.17, 15) is 4.79 Å². The molecule has 0 aromatic rings. The Kier molecular flexibility index (Phi) is 19.7. The highest BCUT2D eigenvalue weighted by molar-refractivity contribution is 5.71. The van der Waals surface area contributed by atoms with Gasteiger partial charge in [0, 0.05) is 0 Å². The third kappa shape index (κ3) is 18.4. The van der Waals surface area contributed by atoms with Gasteiger partial charge in [0.05, 0.1) is 12.0 Å². The Bertz CT molecular complexity index is 96.3. The summed E-state index contributed by atoms with van der Waals surface area (Å²) in [5, 5.41) is 0. The molecule has 0 saturated carbocycles. The van der Waals surface area contributed by atoms with Gasteiger partial charge in [0.15, 0.2) is 0 Å². The van der Waals surface area contributed by atoms with Crippen LogP contribution in [-0.2, 0) is 9.53 Å². The lowest BCUT2D eigenvalue weighted by molar-refractivity contribution is -0.151. The van der Waals surface area contributed by atoms with Gasteiger partial charge in [0.1, 0.15) is 0 Å². The number of hydrogen-bond donors (Lipinski definition) is 0. The van der Waals surface area contributed by atoms with Gasteiger partial charge in [-0.1, -0.05) is 41.5 Å². The Morgan fingerprint density at radius 2 is 1.23 bits per heavy atom. The quantitative estimate of drug-likeness (QED) is 0.621. The molecule has 0 aromatic carbocycles. The molecule has 2 heteroatoms. The maximum atomic E-state index is 10.7. The van der Waals surface area contributed by atoms with Crippen molar-refractivity contribution in [1.82, 2.24) is 0 Å². The van der Waals surface area contributed by atoms with Crippen LogP contribution in [0.3, 0.4) is 0 Å². The van der Waals surface area contributed by atoms with Crippen molar-refractivity contribution >= 4 is 5.97 Å². The fourth-order valence-corrected chi connectivity index (χ4v) is 0.368. The molecular weight excluding hydrogens is 164 g/mol. The first-order valence-electron chi connectivity index (χ1n) is 5.24. The molecule has 0 N–H and O–H groups in total. The van der Waals surface area contributed by atoms with Gasteiger partial charge in [-0.25, -0.2) is 0 Å². The minimum atomic E-state index is -0.120. The summed E-state index contributed by atoms with van der Waals surface area (Å²) in [4.78, 5) is 10.7. The summed E-state index contributed by atoms with van der Waals surface area (Å²) < 4.78 is 4.87. The zero-order chi connectivity index (χ0) is 11.4. The van der Waals surface area contributed by atoms with Gasteiger partial charge >= 0.3 is 5.97 Å². The van der Waals surface area contributed by atoms with Gasteiger partial charge in [-0.3, -0.25) is 4.79 Å². The minimum Gasteiger partial charge on any atom is -0.463 e. The Morgan fingerprint density at radius 3 is 1.31 bits per heavy atom. The van der Waals surface area contributed by atoms with Crippen molar-refractivity contribution in [3.63, 3.8) is 0 Å². The van der Waals surface area contributed by atoms with Crippen LogP contribution in [0.1, 0.15) is 55.4 Å². The van der Waals surface area contributed by atoms with Crippen molar-refractivity contribution in [3.8, 4) is 0 Å². The van der Waals surface area contributed by atoms with Gasteiger partial charge in [-0.05, 0) is 13.8 Å². The summed E-state index contributed by atoms with van der Waals surface area (Å²) >= 11 is 0. The molecule has 13 heavy (non-hydrogen) atoms.